The van der Waals surface area contributed by atoms with E-state index in [1.165, 1.54) is 16.8 Å². The zero-order chi connectivity index (χ0) is 12.4. The van der Waals surface area contributed by atoms with Gasteiger partial charge in [-0.15, -0.1) is 0 Å². The van der Waals surface area contributed by atoms with Crippen LogP contribution in [-0.2, 0) is 7.05 Å². The maximum absolute atomic E-state index is 10.7. The van der Waals surface area contributed by atoms with Crippen LogP contribution >= 0.6 is 0 Å². The van der Waals surface area contributed by atoms with Crippen molar-refractivity contribution < 1.29 is 14.7 Å². The number of hydrogen-bond acceptors (Lipinski definition) is 3. The van der Waals surface area contributed by atoms with E-state index in [-0.39, 0.29) is 5.56 Å². The average Bonchev–Trinajstić information content (AvgIpc) is 2.70. The molecule has 0 unspecified atom stereocenters. The van der Waals surface area contributed by atoms with Gasteiger partial charge in [0, 0.05) is 12.6 Å². The number of carboxylic acid groups (broad SMARTS) is 1. The number of carbonyl (C=O) groups excluding carboxylic acids is 1. The molecule has 86 valence electrons. The highest BCUT2D eigenvalue weighted by atomic mass is 16.4. The first-order valence-corrected chi connectivity index (χ1v) is 4.95. The van der Waals surface area contributed by atoms with Crippen molar-refractivity contribution >= 4 is 12.3 Å². The highest BCUT2D eigenvalue weighted by Gasteiger charge is 2.07. The maximum Gasteiger partial charge on any atom is 0.335 e. The fourth-order valence-electron chi connectivity index (χ4n) is 1.52. The first-order chi connectivity index (χ1) is 8.11. The summed E-state index contributed by atoms with van der Waals surface area (Å²) in [5.74, 6) is -0.967. The molecule has 0 fully saturated rings. The number of benzene rings is 1. The Morgan fingerprint density at radius 1 is 1.35 bits per heavy atom. The van der Waals surface area contributed by atoms with Crippen LogP contribution in [0.1, 0.15) is 20.8 Å². The van der Waals surface area contributed by atoms with E-state index in [0.29, 0.717) is 11.4 Å². The van der Waals surface area contributed by atoms with Gasteiger partial charge in [0.15, 0.2) is 6.29 Å². The molecule has 0 saturated carbocycles. The van der Waals surface area contributed by atoms with Crippen LogP contribution in [0.2, 0.25) is 0 Å². The lowest BCUT2D eigenvalue weighted by Gasteiger charge is -1.97. The van der Waals surface area contributed by atoms with E-state index in [1.54, 1.807) is 25.2 Å². The van der Waals surface area contributed by atoms with Gasteiger partial charge in [-0.25, -0.2) is 4.79 Å². The minimum Gasteiger partial charge on any atom is -0.478 e. The topological polar surface area (TPSA) is 72.2 Å². The smallest absolute Gasteiger partial charge is 0.335 e. The molecule has 0 atom stereocenters. The number of aromatic nitrogens is 2. The summed E-state index contributed by atoms with van der Waals surface area (Å²) >= 11 is 0. The van der Waals surface area contributed by atoms with E-state index in [4.69, 9.17) is 5.11 Å². The second kappa shape index (κ2) is 4.21. The van der Waals surface area contributed by atoms with Crippen LogP contribution in [0.3, 0.4) is 0 Å². The summed E-state index contributed by atoms with van der Waals surface area (Å²) in [6.45, 7) is 0. The fourth-order valence-corrected chi connectivity index (χ4v) is 1.52. The summed E-state index contributed by atoms with van der Waals surface area (Å²) in [6.07, 6.45) is 0.724. The summed E-state index contributed by atoms with van der Waals surface area (Å²) in [4.78, 5) is 21.4. The molecule has 0 saturated heterocycles. The number of aldehydes is 1. The molecule has 0 bridgehead atoms. The summed E-state index contributed by atoms with van der Waals surface area (Å²) in [5.41, 5.74) is 2.12. The van der Waals surface area contributed by atoms with Gasteiger partial charge in [0.05, 0.1) is 11.3 Å². The van der Waals surface area contributed by atoms with Crippen LogP contribution in [0, 0.1) is 0 Å². The monoisotopic (exact) mass is 230 g/mol. The van der Waals surface area contributed by atoms with Crippen molar-refractivity contribution in [2.24, 2.45) is 7.05 Å². The van der Waals surface area contributed by atoms with Crippen molar-refractivity contribution in [1.29, 1.82) is 0 Å². The van der Waals surface area contributed by atoms with E-state index in [2.05, 4.69) is 5.10 Å². The van der Waals surface area contributed by atoms with Gasteiger partial charge in [-0.05, 0) is 18.2 Å². The van der Waals surface area contributed by atoms with Crippen LogP contribution in [0.25, 0.3) is 11.3 Å². The lowest BCUT2D eigenvalue weighted by atomic mass is 10.1. The van der Waals surface area contributed by atoms with E-state index < -0.39 is 5.97 Å². The molecule has 1 heterocycles. The van der Waals surface area contributed by atoms with Gasteiger partial charge in [-0.3, -0.25) is 9.48 Å². The molecule has 0 aliphatic heterocycles. The van der Waals surface area contributed by atoms with Crippen molar-refractivity contribution in [3.63, 3.8) is 0 Å². The van der Waals surface area contributed by atoms with Crippen molar-refractivity contribution in [1.82, 2.24) is 9.78 Å². The Labute approximate surface area is 97.3 Å². The third-order valence-corrected chi connectivity index (χ3v) is 2.46. The maximum atomic E-state index is 10.7. The molecule has 2 rings (SSSR count). The van der Waals surface area contributed by atoms with Crippen LogP contribution in [0.5, 0.6) is 0 Å². The Bertz CT molecular complexity index is 570. The fraction of sp³-hybridized carbons (Fsp3) is 0.0833. The van der Waals surface area contributed by atoms with Gasteiger partial charge >= 0.3 is 5.97 Å². The number of nitrogens with zero attached hydrogens (tertiary/aromatic N) is 2. The van der Waals surface area contributed by atoms with E-state index >= 15 is 0 Å². The molecule has 0 amide bonds. The van der Waals surface area contributed by atoms with Gasteiger partial charge in [-0.2, -0.15) is 5.10 Å². The second-order valence-corrected chi connectivity index (χ2v) is 3.58. The predicted octanol–water partition coefficient (Wildman–Crippen LogP) is 1.60. The van der Waals surface area contributed by atoms with Gasteiger partial charge in [0.2, 0.25) is 0 Å². The summed E-state index contributed by atoms with van der Waals surface area (Å²) in [7, 11) is 1.68. The Balaban J connectivity index is 2.39. The number of rotatable bonds is 3. The first-order valence-electron chi connectivity index (χ1n) is 4.95. The zero-order valence-corrected chi connectivity index (χ0v) is 9.12. The Morgan fingerprint density at radius 3 is 2.47 bits per heavy atom. The van der Waals surface area contributed by atoms with Crippen molar-refractivity contribution in [3.8, 4) is 11.3 Å². The Kier molecular flexibility index (Phi) is 2.74. The van der Waals surface area contributed by atoms with Gasteiger partial charge in [0.1, 0.15) is 5.69 Å². The third-order valence-electron chi connectivity index (χ3n) is 2.46. The molecule has 1 aromatic carbocycles. The first kappa shape index (κ1) is 11.1. The molecule has 1 aromatic heterocycles. The van der Waals surface area contributed by atoms with E-state index in [1.807, 2.05) is 0 Å². The lowest BCUT2D eigenvalue weighted by Crippen LogP contribution is -1.96. The quantitative estimate of drug-likeness (QED) is 0.813. The standard InChI is InChI=1S/C12H10N2O3/c1-14-10(7-15)6-11(13-14)8-2-4-9(5-3-8)12(16)17/h2-7H,1H3,(H,16,17). The SMILES string of the molecule is Cn1nc(-c2ccc(C(=O)O)cc2)cc1C=O. The number of aryl methyl sites for hydroxylation is 1. The van der Waals surface area contributed by atoms with Crippen LogP contribution < -0.4 is 0 Å². The third kappa shape index (κ3) is 2.08. The number of carbonyl (C=O) groups is 2. The van der Waals surface area contributed by atoms with Crippen LogP contribution in [0.15, 0.2) is 30.3 Å². The number of hydrogen-bond donors (Lipinski definition) is 1. The molecule has 0 aliphatic carbocycles. The molecular weight excluding hydrogens is 220 g/mol. The molecule has 1 N–H and O–H groups in total. The van der Waals surface area contributed by atoms with E-state index in [0.717, 1.165) is 11.8 Å². The van der Waals surface area contributed by atoms with Gasteiger partial charge in [-0.1, -0.05) is 12.1 Å². The highest BCUT2D eigenvalue weighted by Crippen LogP contribution is 2.18. The summed E-state index contributed by atoms with van der Waals surface area (Å²) in [6, 6.07) is 8.00. The van der Waals surface area contributed by atoms with E-state index in [9.17, 15) is 9.59 Å². The van der Waals surface area contributed by atoms with Crippen molar-refractivity contribution in [2.45, 2.75) is 0 Å². The molecule has 5 nitrogen and oxygen atoms in total. The Hall–Kier alpha value is -2.43. The second-order valence-electron chi connectivity index (χ2n) is 3.58. The minimum absolute atomic E-state index is 0.222. The molecule has 0 spiro atoms. The molecule has 0 radical (unpaired) electrons. The largest absolute Gasteiger partial charge is 0.478 e. The Morgan fingerprint density at radius 2 is 2.00 bits per heavy atom. The zero-order valence-electron chi connectivity index (χ0n) is 9.12. The molecule has 2 aromatic rings. The molecular formula is C12H10N2O3. The highest BCUT2D eigenvalue weighted by molar-refractivity contribution is 5.88. The number of carboxylic acids is 1. The summed E-state index contributed by atoms with van der Waals surface area (Å²) < 4.78 is 1.48. The average molecular weight is 230 g/mol. The van der Waals surface area contributed by atoms with Gasteiger partial charge < -0.3 is 5.11 Å². The van der Waals surface area contributed by atoms with Gasteiger partial charge in [0.25, 0.3) is 0 Å². The summed E-state index contributed by atoms with van der Waals surface area (Å²) in [5, 5.41) is 12.9. The van der Waals surface area contributed by atoms with Crippen molar-refractivity contribution in [3.05, 3.63) is 41.6 Å². The van der Waals surface area contributed by atoms with Crippen molar-refractivity contribution in [2.75, 3.05) is 0 Å². The lowest BCUT2D eigenvalue weighted by molar-refractivity contribution is 0.0696. The number of aromatic carboxylic acids is 1. The molecule has 0 aliphatic rings. The predicted molar refractivity (Wildman–Crippen MR) is 61.0 cm³/mol. The minimum atomic E-state index is -0.967. The van der Waals surface area contributed by atoms with Crippen LogP contribution in [0.4, 0.5) is 0 Å². The normalized spacial score (nSPS) is 10.2. The molecule has 5 heteroatoms. The van der Waals surface area contributed by atoms with Crippen LogP contribution in [-0.4, -0.2) is 27.1 Å². The molecule has 17 heavy (non-hydrogen) atoms.